The summed E-state index contributed by atoms with van der Waals surface area (Å²) in [6.45, 7) is 4.46. The van der Waals surface area contributed by atoms with Gasteiger partial charge in [-0.05, 0) is 19.1 Å². The summed E-state index contributed by atoms with van der Waals surface area (Å²) < 4.78 is 10.6. The maximum Gasteiger partial charge on any atom is 0.287 e. The van der Waals surface area contributed by atoms with Crippen LogP contribution >= 0.6 is 0 Å². The summed E-state index contributed by atoms with van der Waals surface area (Å²) >= 11 is 0. The van der Waals surface area contributed by atoms with Gasteiger partial charge in [0, 0.05) is 26.0 Å². The minimum Gasteiger partial charge on any atom is -0.456 e. The molecular weight excluding hydrogens is 234 g/mol. The topological polar surface area (TPSA) is 71.7 Å². The van der Waals surface area contributed by atoms with Crippen molar-refractivity contribution in [1.82, 2.24) is 5.32 Å². The predicted molar refractivity (Wildman–Crippen MR) is 65.4 cm³/mol. The van der Waals surface area contributed by atoms with Crippen molar-refractivity contribution in [2.24, 2.45) is 0 Å². The number of amides is 1. The van der Waals surface area contributed by atoms with Gasteiger partial charge in [-0.2, -0.15) is 0 Å². The molecule has 1 aliphatic heterocycles. The van der Waals surface area contributed by atoms with Gasteiger partial charge in [-0.3, -0.25) is 4.79 Å². The van der Waals surface area contributed by atoms with Crippen molar-refractivity contribution in [2.45, 2.75) is 38.4 Å². The highest BCUT2D eigenvalue weighted by molar-refractivity contribution is 5.91. The van der Waals surface area contributed by atoms with Crippen molar-refractivity contribution in [3.63, 3.8) is 0 Å². The molecular formula is C13H19NO4. The van der Waals surface area contributed by atoms with Crippen molar-refractivity contribution in [3.8, 4) is 0 Å². The summed E-state index contributed by atoms with van der Waals surface area (Å²) in [5.41, 5.74) is -0.976. The maximum absolute atomic E-state index is 11.8. The number of ether oxygens (including phenoxy) is 1. The third-order valence-electron chi connectivity index (χ3n) is 3.45. The lowest BCUT2D eigenvalue weighted by atomic mass is 9.97. The zero-order valence-electron chi connectivity index (χ0n) is 10.7. The van der Waals surface area contributed by atoms with Gasteiger partial charge in [0.2, 0.25) is 0 Å². The van der Waals surface area contributed by atoms with Crippen LogP contribution in [0.5, 0.6) is 0 Å². The minimum atomic E-state index is -0.976. The van der Waals surface area contributed by atoms with Crippen LogP contribution in [-0.2, 0) is 11.2 Å². The first-order valence-corrected chi connectivity index (χ1v) is 6.26. The van der Waals surface area contributed by atoms with Gasteiger partial charge in [-0.1, -0.05) is 6.92 Å². The first-order chi connectivity index (χ1) is 8.55. The van der Waals surface area contributed by atoms with Gasteiger partial charge >= 0.3 is 0 Å². The summed E-state index contributed by atoms with van der Waals surface area (Å²) in [7, 11) is 0. The molecule has 0 aromatic carbocycles. The number of aliphatic hydroxyl groups is 1. The van der Waals surface area contributed by atoms with E-state index in [1.54, 1.807) is 19.1 Å². The molecule has 1 aromatic rings. The van der Waals surface area contributed by atoms with Gasteiger partial charge in [-0.25, -0.2) is 0 Å². The lowest BCUT2D eigenvalue weighted by molar-refractivity contribution is -0.0252. The second kappa shape index (κ2) is 5.12. The van der Waals surface area contributed by atoms with Crippen LogP contribution in [0.15, 0.2) is 16.5 Å². The van der Waals surface area contributed by atoms with Crippen molar-refractivity contribution in [2.75, 3.05) is 13.2 Å². The molecule has 2 unspecified atom stereocenters. The largest absolute Gasteiger partial charge is 0.456 e. The van der Waals surface area contributed by atoms with Gasteiger partial charge in [0.15, 0.2) is 5.76 Å². The number of hydrogen-bond acceptors (Lipinski definition) is 4. The third kappa shape index (κ3) is 2.57. The summed E-state index contributed by atoms with van der Waals surface area (Å²) in [5, 5.41) is 12.9. The molecule has 5 heteroatoms. The first-order valence-electron chi connectivity index (χ1n) is 6.26. The van der Waals surface area contributed by atoms with E-state index in [1.165, 1.54) is 0 Å². The number of furan rings is 1. The number of hydrogen-bond donors (Lipinski definition) is 2. The molecule has 0 saturated carbocycles. The van der Waals surface area contributed by atoms with Gasteiger partial charge in [0.1, 0.15) is 11.4 Å². The molecule has 2 N–H and O–H groups in total. The quantitative estimate of drug-likeness (QED) is 0.843. The average Bonchev–Trinajstić information content (AvgIpc) is 2.95. The van der Waals surface area contributed by atoms with Crippen LogP contribution in [0.1, 0.15) is 36.6 Å². The third-order valence-corrected chi connectivity index (χ3v) is 3.45. The monoisotopic (exact) mass is 253 g/mol. The molecule has 18 heavy (non-hydrogen) atoms. The van der Waals surface area contributed by atoms with E-state index in [0.29, 0.717) is 13.0 Å². The van der Waals surface area contributed by atoms with Crippen LogP contribution in [0, 0.1) is 0 Å². The molecule has 0 aliphatic carbocycles. The van der Waals surface area contributed by atoms with Crippen molar-refractivity contribution in [3.05, 3.63) is 23.7 Å². The Morgan fingerprint density at radius 3 is 2.94 bits per heavy atom. The Labute approximate surface area is 106 Å². The zero-order valence-corrected chi connectivity index (χ0v) is 10.7. The van der Waals surface area contributed by atoms with Crippen LogP contribution in [0.25, 0.3) is 0 Å². The van der Waals surface area contributed by atoms with E-state index in [-0.39, 0.29) is 24.3 Å². The summed E-state index contributed by atoms with van der Waals surface area (Å²) in [6, 6.07) is 3.43. The Hall–Kier alpha value is -1.33. The molecule has 5 nitrogen and oxygen atoms in total. The summed E-state index contributed by atoms with van der Waals surface area (Å²) in [5.74, 6) is 0.751. The SMILES string of the molecule is CCc1ccc(C(=O)NCC2(O)CCOC2C)o1. The molecule has 0 radical (unpaired) electrons. The van der Waals surface area contributed by atoms with Crippen LogP contribution in [0.2, 0.25) is 0 Å². The fraction of sp³-hybridized carbons (Fsp3) is 0.615. The minimum absolute atomic E-state index is 0.176. The fourth-order valence-electron chi connectivity index (χ4n) is 2.01. The molecule has 1 fully saturated rings. The Morgan fingerprint density at radius 2 is 2.39 bits per heavy atom. The first kappa shape index (κ1) is 13.1. The summed E-state index contributed by atoms with van der Waals surface area (Å²) in [6.07, 6.45) is 1.02. The molecule has 100 valence electrons. The Kier molecular flexibility index (Phi) is 3.73. The number of rotatable bonds is 4. The molecule has 2 atom stereocenters. The van der Waals surface area contributed by atoms with Crippen molar-refractivity contribution >= 4 is 5.91 Å². The molecule has 0 bridgehead atoms. The fourth-order valence-corrected chi connectivity index (χ4v) is 2.01. The van der Waals surface area contributed by atoms with E-state index in [1.807, 2.05) is 6.92 Å². The Morgan fingerprint density at radius 1 is 1.61 bits per heavy atom. The van der Waals surface area contributed by atoms with E-state index in [4.69, 9.17) is 9.15 Å². The highest BCUT2D eigenvalue weighted by Gasteiger charge is 2.39. The van der Waals surface area contributed by atoms with E-state index in [0.717, 1.165) is 12.2 Å². The number of nitrogens with one attached hydrogen (secondary N) is 1. The van der Waals surface area contributed by atoms with E-state index in [9.17, 15) is 9.90 Å². The van der Waals surface area contributed by atoms with Crippen LogP contribution < -0.4 is 5.32 Å². The lowest BCUT2D eigenvalue weighted by Gasteiger charge is -2.25. The van der Waals surface area contributed by atoms with Crippen molar-refractivity contribution in [1.29, 1.82) is 0 Å². The average molecular weight is 253 g/mol. The van der Waals surface area contributed by atoms with Crippen molar-refractivity contribution < 1.29 is 19.1 Å². The van der Waals surface area contributed by atoms with E-state index >= 15 is 0 Å². The van der Waals surface area contributed by atoms with Gasteiger partial charge in [-0.15, -0.1) is 0 Å². The second-order valence-electron chi connectivity index (χ2n) is 4.67. The maximum atomic E-state index is 11.8. The lowest BCUT2D eigenvalue weighted by Crippen LogP contribution is -2.47. The molecule has 0 spiro atoms. The zero-order chi connectivity index (χ0) is 13.2. The number of carbonyl (C=O) groups excluding carboxylic acids is 1. The molecule has 1 saturated heterocycles. The molecule has 1 aliphatic rings. The Balaban J connectivity index is 1.92. The normalized spacial score (nSPS) is 27.4. The van der Waals surface area contributed by atoms with Crippen LogP contribution in [-0.4, -0.2) is 35.9 Å². The molecule has 2 rings (SSSR count). The van der Waals surface area contributed by atoms with Gasteiger partial charge in [0.05, 0.1) is 6.10 Å². The predicted octanol–water partition coefficient (Wildman–Crippen LogP) is 1.11. The number of carbonyl (C=O) groups is 1. The molecule has 1 amide bonds. The van der Waals surface area contributed by atoms with E-state index in [2.05, 4.69) is 5.32 Å². The second-order valence-corrected chi connectivity index (χ2v) is 4.67. The standard InChI is InChI=1S/C13H19NO4/c1-3-10-4-5-11(18-10)12(15)14-8-13(16)6-7-17-9(13)2/h4-5,9,16H,3,6-8H2,1-2H3,(H,14,15). The highest BCUT2D eigenvalue weighted by atomic mass is 16.5. The smallest absolute Gasteiger partial charge is 0.287 e. The highest BCUT2D eigenvalue weighted by Crippen LogP contribution is 2.24. The van der Waals surface area contributed by atoms with Crippen LogP contribution in [0.4, 0.5) is 0 Å². The molecule has 2 heterocycles. The Bertz CT molecular complexity index is 428. The van der Waals surface area contributed by atoms with Gasteiger partial charge in [0.25, 0.3) is 5.91 Å². The number of aryl methyl sites for hydroxylation is 1. The molecule has 1 aromatic heterocycles. The van der Waals surface area contributed by atoms with Crippen LogP contribution in [0.3, 0.4) is 0 Å². The van der Waals surface area contributed by atoms with E-state index < -0.39 is 5.60 Å². The van der Waals surface area contributed by atoms with Gasteiger partial charge < -0.3 is 19.6 Å². The summed E-state index contributed by atoms with van der Waals surface area (Å²) in [4.78, 5) is 11.8.